The molecule has 3 amide bonds. The second kappa shape index (κ2) is 10.9. The second-order valence-corrected chi connectivity index (χ2v) is 10.3. The van der Waals surface area contributed by atoms with Crippen LogP contribution in [0, 0.1) is 19.7 Å². The van der Waals surface area contributed by atoms with Gasteiger partial charge < -0.3 is 20.6 Å². The summed E-state index contributed by atoms with van der Waals surface area (Å²) in [4.78, 5) is 54.9. The number of hydrogen-bond acceptors (Lipinski definition) is 6. The van der Waals surface area contributed by atoms with Crippen LogP contribution in [0.3, 0.4) is 0 Å². The minimum Gasteiger partial charge on any atom is -0.394 e. The third kappa shape index (κ3) is 5.32. The van der Waals surface area contributed by atoms with Crippen molar-refractivity contribution in [1.82, 2.24) is 14.8 Å². The molecule has 10 nitrogen and oxygen atoms in total. The van der Waals surface area contributed by atoms with Crippen LogP contribution in [-0.4, -0.2) is 59.0 Å². The third-order valence-corrected chi connectivity index (χ3v) is 7.06. The number of benzene rings is 2. The first kappa shape index (κ1) is 28.5. The molecule has 0 spiro atoms. The van der Waals surface area contributed by atoms with E-state index in [1.807, 2.05) is 0 Å². The van der Waals surface area contributed by atoms with Crippen LogP contribution < -0.4 is 21.1 Å². The molecule has 3 N–H and O–H groups in total. The lowest BCUT2D eigenvalue weighted by molar-refractivity contribution is -0.106. The van der Waals surface area contributed by atoms with Crippen molar-refractivity contribution in [3.8, 4) is 0 Å². The number of aromatic nitrogens is 1. The number of halogens is 1. The van der Waals surface area contributed by atoms with Gasteiger partial charge in [0.2, 0.25) is 6.41 Å². The quantitative estimate of drug-likeness (QED) is 0.353. The standard InChI is InChI=1S/C29H32FN5O5/c1-17-9-10-22(21(30)13-17)31-25-23(28(40)33(3)4)24(18(2)27(39)34(25)5)35(16-37)20-8-6-7-19(14-20)26(38)32-29(15-36)11-12-29/h6-10,13-14,16,31,36H,11-12,15H2,1-5H3,(H,32,38). The maximum Gasteiger partial charge on any atom is 0.259 e. The summed E-state index contributed by atoms with van der Waals surface area (Å²) in [5.74, 6) is -1.56. The number of aliphatic hydroxyl groups excluding tert-OH is 1. The number of nitrogens with one attached hydrogen (secondary N) is 2. The van der Waals surface area contributed by atoms with Crippen LogP contribution in [0.4, 0.5) is 27.3 Å². The average molecular weight is 550 g/mol. The third-order valence-electron chi connectivity index (χ3n) is 7.06. The molecule has 4 rings (SSSR count). The van der Waals surface area contributed by atoms with Crippen molar-refractivity contribution in [2.75, 3.05) is 30.9 Å². The molecule has 0 bridgehead atoms. The second-order valence-electron chi connectivity index (χ2n) is 10.3. The molecule has 1 fully saturated rings. The Labute approximate surface area is 231 Å². The van der Waals surface area contributed by atoms with Crippen LogP contribution in [0.15, 0.2) is 47.3 Å². The predicted octanol–water partition coefficient (Wildman–Crippen LogP) is 3.14. The monoisotopic (exact) mass is 549 g/mol. The summed E-state index contributed by atoms with van der Waals surface area (Å²) in [6.07, 6.45) is 1.78. The fourth-order valence-electron chi connectivity index (χ4n) is 4.47. The molecule has 2 aromatic carbocycles. The SMILES string of the molecule is Cc1ccc(Nc2c(C(=O)N(C)C)c(N(C=O)c3cccc(C(=O)NC4(CO)CC4)c3)c(C)c(=O)n2C)c(F)c1. The molecule has 0 unspecified atom stereocenters. The maximum atomic E-state index is 14.8. The van der Waals surface area contributed by atoms with Crippen LogP contribution in [0.1, 0.15) is 44.7 Å². The highest BCUT2D eigenvalue weighted by Gasteiger charge is 2.43. The molecule has 1 aromatic heterocycles. The number of carbonyl (C=O) groups excluding carboxylic acids is 3. The van der Waals surface area contributed by atoms with E-state index in [0.29, 0.717) is 24.8 Å². The van der Waals surface area contributed by atoms with E-state index in [2.05, 4.69) is 10.6 Å². The Morgan fingerprint density at radius 3 is 2.42 bits per heavy atom. The lowest BCUT2D eigenvalue weighted by atomic mass is 10.0. The summed E-state index contributed by atoms with van der Waals surface area (Å²) in [6.45, 7) is 3.04. The number of hydrogen-bond donors (Lipinski definition) is 3. The Hall–Kier alpha value is -4.51. The van der Waals surface area contributed by atoms with E-state index in [4.69, 9.17) is 0 Å². The number of amides is 3. The van der Waals surface area contributed by atoms with E-state index in [0.717, 1.165) is 4.90 Å². The van der Waals surface area contributed by atoms with Gasteiger partial charge in [0.05, 0.1) is 23.5 Å². The minimum absolute atomic E-state index is 0.00148. The smallest absolute Gasteiger partial charge is 0.259 e. The Balaban J connectivity index is 1.90. The summed E-state index contributed by atoms with van der Waals surface area (Å²) in [6, 6.07) is 10.7. The number of carbonyl (C=O) groups is 3. The Morgan fingerprint density at radius 2 is 1.85 bits per heavy atom. The number of pyridine rings is 1. The summed E-state index contributed by atoms with van der Waals surface area (Å²) in [7, 11) is 4.49. The highest BCUT2D eigenvalue weighted by molar-refractivity contribution is 6.09. The Kier molecular flexibility index (Phi) is 7.79. The minimum atomic E-state index is -0.642. The van der Waals surface area contributed by atoms with E-state index in [9.17, 15) is 28.7 Å². The molecular formula is C29H32FN5O5. The van der Waals surface area contributed by atoms with Gasteiger partial charge in [0.25, 0.3) is 17.4 Å². The summed E-state index contributed by atoms with van der Waals surface area (Å²) < 4.78 is 16.0. The highest BCUT2D eigenvalue weighted by atomic mass is 19.1. The molecule has 1 aliphatic carbocycles. The zero-order valence-electron chi connectivity index (χ0n) is 23.0. The Morgan fingerprint density at radius 1 is 1.15 bits per heavy atom. The zero-order valence-corrected chi connectivity index (χ0v) is 23.0. The molecule has 1 saturated carbocycles. The maximum absolute atomic E-state index is 14.8. The molecule has 210 valence electrons. The number of rotatable bonds is 9. The molecule has 0 saturated heterocycles. The molecule has 1 heterocycles. The van der Waals surface area contributed by atoms with Gasteiger partial charge in [-0.25, -0.2) is 4.39 Å². The number of anilines is 4. The first-order valence-corrected chi connectivity index (χ1v) is 12.7. The van der Waals surface area contributed by atoms with Crippen LogP contribution in [0.5, 0.6) is 0 Å². The normalized spacial score (nSPS) is 13.4. The fourth-order valence-corrected chi connectivity index (χ4v) is 4.47. The first-order chi connectivity index (χ1) is 18.9. The average Bonchev–Trinajstić information content (AvgIpc) is 3.71. The van der Waals surface area contributed by atoms with Crippen LogP contribution in [0.25, 0.3) is 0 Å². The van der Waals surface area contributed by atoms with Crippen molar-refractivity contribution in [3.63, 3.8) is 0 Å². The van der Waals surface area contributed by atoms with E-state index >= 15 is 0 Å². The van der Waals surface area contributed by atoms with Gasteiger partial charge in [-0.1, -0.05) is 12.1 Å². The van der Waals surface area contributed by atoms with Gasteiger partial charge >= 0.3 is 0 Å². The molecule has 11 heteroatoms. The topological polar surface area (TPSA) is 124 Å². The highest BCUT2D eigenvalue weighted by Crippen LogP contribution is 2.37. The largest absolute Gasteiger partial charge is 0.394 e. The molecule has 0 aliphatic heterocycles. The molecule has 40 heavy (non-hydrogen) atoms. The van der Waals surface area contributed by atoms with Crippen molar-refractivity contribution < 1.29 is 23.9 Å². The summed E-state index contributed by atoms with van der Waals surface area (Å²) in [5, 5.41) is 15.3. The molecule has 0 atom stereocenters. The number of nitrogens with zero attached hydrogens (tertiary/aromatic N) is 3. The van der Waals surface area contributed by atoms with Gasteiger partial charge in [-0.15, -0.1) is 0 Å². The molecule has 1 aliphatic rings. The van der Waals surface area contributed by atoms with E-state index in [-0.39, 0.29) is 46.2 Å². The molecule has 3 aromatic rings. The summed E-state index contributed by atoms with van der Waals surface area (Å²) in [5.41, 5.74) is 0.0885. The lowest BCUT2D eigenvalue weighted by Crippen LogP contribution is -2.39. The molecule has 0 radical (unpaired) electrons. The van der Waals surface area contributed by atoms with Gasteiger partial charge in [-0.2, -0.15) is 0 Å². The van der Waals surface area contributed by atoms with Crippen molar-refractivity contribution in [2.45, 2.75) is 32.2 Å². The van der Waals surface area contributed by atoms with Crippen LogP contribution in [-0.2, 0) is 11.8 Å². The van der Waals surface area contributed by atoms with E-state index in [1.165, 1.54) is 55.7 Å². The van der Waals surface area contributed by atoms with E-state index < -0.39 is 28.7 Å². The zero-order chi connectivity index (χ0) is 29.4. The van der Waals surface area contributed by atoms with Crippen molar-refractivity contribution in [3.05, 3.63) is 80.9 Å². The summed E-state index contributed by atoms with van der Waals surface area (Å²) >= 11 is 0. The Bertz CT molecular complexity index is 1560. The predicted molar refractivity (Wildman–Crippen MR) is 150 cm³/mol. The van der Waals surface area contributed by atoms with Gasteiger partial charge in [-0.05, 0) is 62.6 Å². The first-order valence-electron chi connectivity index (χ1n) is 12.7. The van der Waals surface area contributed by atoms with Gasteiger partial charge in [0.15, 0.2) is 0 Å². The van der Waals surface area contributed by atoms with Crippen LogP contribution >= 0.6 is 0 Å². The lowest BCUT2D eigenvalue weighted by Gasteiger charge is -2.28. The van der Waals surface area contributed by atoms with Crippen molar-refractivity contribution in [2.24, 2.45) is 7.05 Å². The van der Waals surface area contributed by atoms with Gasteiger partial charge in [0, 0.05) is 38.0 Å². The van der Waals surface area contributed by atoms with Gasteiger partial charge in [0.1, 0.15) is 17.2 Å². The number of aryl methyl sites for hydroxylation is 1. The van der Waals surface area contributed by atoms with Crippen molar-refractivity contribution in [1.29, 1.82) is 0 Å². The van der Waals surface area contributed by atoms with Crippen molar-refractivity contribution >= 4 is 41.1 Å². The van der Waals surface area contributed by atoms with Crippen LogP contribution in [0.2, 0.25) is 0 Å². The van der Waals surface area contributed by atoms with Gasteiger partial charge in [-0.3, -0.25) is 28.6 Å². The molecular weight excluding hydrogens is 517 g/mol. The fraction of sp³-hybridized carbons (Fsp3) is 0.310. The van der Waals surface area contributed by atoms with E-state index in [1.54, 1.807) is 31.2 Å². The number of aliphatic hydroxyl groups is 1.